The Morgan fingerprint density at radius 2 is 1.93 bits per heavy atom. The molecule has 8 nitrogen and oxygen atoms in total. The number of nitro groups is 1. The molecule has 0 radical (unpaired) electrons. The highest BCUT2D eigenvalue weighted by atomic mass is 16.6. The predicted octanol–water partition coefficient (Wildman–Crippen LogP) is 3.53. The normalized spacial score (nSPS) is 13.3. The lowest BCUT2D eigenvalue weighted by Gasteiger charge is -2.09. The van der Waals surface area contributed by atoms with Crippen LogP contribution in [-0.2, 0) is 0 Å². The lowest BCUT2D eigenvalue weighted by Crippen LogP contribution is -2.13. The van der Waals surface area contributed by atoms with E-state index in [1.54, 1.807) is 36.4 Å². The van der Waals surface area contributed by atoms with Gasteiger partial charge < -0.3 is 15.1 Å². The third kappa shape index (κ3) is 3.64. The number of nitro benzene ring substituents is 1. The zero-order valence-corrected chi connectivity index (χ0v) is 14.1. The van der Waals surface area contributed by atoms with Gasteiger partial charge in [-0.2, -0.15) is 0 Å². The maximum atomic E-state index is 12.5. The summed E-state index contributed by atoms with van der Waals surface area (Å²) < 4.78 is 5.05. The number of rotatable bonds is 5. The summed E-state index contributed by atoms with van der Waals surface area (Å²) in [5.41, 5.74) is 0.916. The SMILES string of the molecule is O=C(Nc1ccc2oc(=O)ccc2c1)c1ccc(NC2CC2)c([N+](=O)[O-])c1. The Morgan fingerprint density at radius 1 is 1.11 bits per heavy atom. The van der Waals surface area contributed by atoms with Crippen molar-refractivity contribution in [1.82, 2.24) is 0 Å². The van der Waals surface area contributed by atoms with Gasteiger partial charge in [0, 0.05) is 34.8 Å². The van der Waals surface area contributed by atoms with Crippen molar-refractivity contribution in [1.29, 1.82) is 0 Å². The summed E-state index contributed by atoms with van der Waals surface area (Å²) in [5.74, 6) is -0.465. The minimum Gasteiger partial charge on any atom is -0.423 e. The molecule has 1 aliphatic carbocycles. The molecule has 1 aliphatic rings. The summed E-state index contributed by atoms with van der Waals surface area (Å²) in [4.78, 5) is 34.5. The summed E-state index contributed by atoms with van der Waals surface area (Å²) in [6.07, 6.45) is 1.98. The lowest BCUT2D eigenvalue weighted by molar-refractivity contribution is -0.384. The van der Waals surface area contributed by atoms with Crippen molar-refractivity contribution in [2.45, 2.75) is 18.9 Å². The molecule has 4 rings (SSSR count). The van der Waals surface area contributed by atoms with Gasteiger partial charge in [-0.05, 0) is 49.2 Å². The first-order valence-electron chi connectivity index (χ1n) is 8.40. The van der Waals surface area contributed by atoms with Crippen LogP contribution >= 0.6 is 0 Å². The number of carbonyl (C=O) groups is 1. The minimum atomic E-state index is -0.500. The topological polar surface area (TPSA) is 114 Å². The standard InChI is InChI=1S/C19H15N3O5/c23-18-8-2-11-9-14(5-7-17(11)27-18)21-19(24)12-1-6-15(20-13-3-4-13)16(10-12)22(25)26/h1-2,5-10,13,20H,3-4H2,(H,21,24). The van der Waals surface area contributed by atoms with E-state index < -0.39 is 16.5 Å². The molecule has 1 heterocycles. The molecule has 0 atom stereocenters. The van der Waals surface area contributed by atoms with Gasteiger partial charge in [0.1, 0.15) is 11.3 Å². The summed E-state index contributed by atoms with van der Waals surface area (Å²) >= 11 is 0. The van der Waals surface area contributed by atoms with Gasteiger partial charge in [0.2, 0.25) is 0 Å². The fraction of sp³-hybridized carbons (Fsp3) is 0.158. The van der Waals surface area contributed by atoms with Crippen molar-refractivity contribution in [3.05, 3.63) is 74.6 Å². The molecule has 1 amide bonds. The summed E-state index contributed by atoms with van der Waals surface area (Å²) in [6.45, 7) is 0. The third-order valence-corrected chi connectivity index (χ3v) is 4.27. The predicted molar refractivity (Wildman–Crippen MR) is 100 cm³/mol. The van der Waals surface area contributed by atoms with Crippen molar-refractivity contribution in [3.63, 3.8) is 0 Å². The van der Waals surface area contributed by atoms with E-state index in [0.29, 0.717) is 22.3 Å². The molecule has 3 aromatic rings. The van der Waals surface area contributed by atoms with Crippen LogP contribution in [0.3, 0.4) is 0 Å². The van der Waals surface area contributed by atoms with Gasteiger partial charge in [0.15, 0.2) is 0 Å². The smallest absolute Gasteiger partial charge is 0.336 e. The highest BCUT2D eigenvalue weighted by Gasteiger charge is 2.25. The Balaban J connectivity index is 1.58. The fourth-order valence-electron chi connectivity index (χ4n) is 2.75. The zero-order valence-electron chi connectivity index (χ0n) is 14.1. The second-order valence-corrected chi connectivity index (χ2v) is 6.37. The van der Waals surface area contributed by atoms with Crippen LogP contribution in [0.25, 0.3) is 11.0 Å². The Hall–Kier alpha value is -3.68. The number of fused-ring (bicyclic) bond motifs is 1. The van der Waals surface area contributed by atoms with E-state index in [2.05, 4.69) is 10.6 Å². The second-order valence-electron chi connectivity index (χ2n) is 6.37. The van der Waals surface area contributed by atoms with Gasteiger partial charge in [-0.1, -0.05) is 0 Å². The Labute approximate surface area is 153 Å². The number of benzene rings is 2. The maximum absolute atomic E-state index is 12.5. The number of anilines is 2. The Kier molecular flexibility index (Phi) is 4.08. The molecule has 0 spiro atoms. The largest absolute Gasteiger partial charge is 0.423 e. The van der Waals surface area contributed by atoms with Gasteiger partial charge >= 0.3 is 5.63 Å². The number of carbonyl (C=O) groups excluding carboxylic acids is 1. The molecule has 27 heavy (non-hydrogen) atoms. The summed E-state index contributed by atoms with van der Waals surface area (Å²) in [6, 6.07) is 12.4. The van der Waals surface area contributed by atoms with Gasteiger partial charge in [0.25, 0.3) is 11.6 Å². The van der Waals surface area contributed by atoms with Crippen LogP contribution in [0.15, 0.2) is 57.7 Å². The van der Waals surface area contributed by atoms with Crippen molar-refractivity contribution in [3.8, 4) is 0 Å². The maximum Gasteiger partial charge on any atom is 0.336 e. The van der Waals surface area contributed by atoms with E-state index in [-0.39, 0.29) is 17.3 Å². The highest BCUT2D eigenvalue weighted by molar-refractivity contribution is 6.05. The highest BCUT2D eigenvalue weighted by Crippen LogP contribution is 2.31. The third-order valence-electron chi connectivity index (χ3n) is 4.27. The molecule has 2 aromatic carbocycles. The number of amides is 1. The molecule has 2 N–H and O–H groups in total. The van der Waals surface area contributed by atoms with Gasteiger partial charge in [0.05, 0.1) is 4.92 Å². The van der Waals surface area contributed by atoms with Gasteiger partial charge in [-0.25, -0.2) is 4.79 Å². The molecule has 136 valence electrons. The Morgan fingerprint density at radius 3 is 2.67 bits per heavy atom. The summed E-state index contributed by atoms with van der Waals surface area (Å²) in [7, 11) is 0. The van der Waals surface area contributed by atoms with Crippen LogP contribution in [0, 0.1) is 10.1 Å². The first kappa shape index (κ1) is 16.8. The molecular formula is C19H15N3O5. The zero-order chi connectivity index (χ0) is 19.0. The van der Waals surface area contributed by atoms with E-state index in [4.69, 9.17) is 4.42 Å². The molecule has 1 fully saturated rings. The monoisotopic (exact) mass is 365 g/mol. The van der Waals surface area contributed by atoms with E-state index >= 15 is 0 Å². The number of hydrogen-bond donors (Lipinski definition) is 2. The van der Waals surface area contributed by atoms with Crippen LogP contribution in [0.5, 0.6) is 0 Å². The fourth-order valence-corrected chi connectivity index (χ4v) is 2.75. The van der Waals surface area contributed by atoms with E-state index in [1.807, 2.05) is 0 Å². The van der Waals surface area contributed by atoms with Crippen molar-refractivity contribution < 1.29 is 14.1 Å². The first-order chi connectivity index (χ1) is 13.0. The minimum absolute atomic E-state index is 0.130. The van der Waals surface area contributed by atoms with E-state index in [1.165, 1.54) is 12.1 Å². The molecule has 0 saturated heterocycles. The van der Waals surface area contributed by atoms with Crippen molar-refractivity contribution in [2.24, 2.45) is 0 Å². The molecule has 8 heteroatoms. The Bertz CT molecular complexity index is 1120. The lowest BCUT2D eigenvalue weighted by atomic mass is 10.1. The molecular weight excluding hydrogens is 350 g/mol. The molecule has 0 bridgehead atoms. The van der Waals surface area contributed by atoms with Crippen LogP contribution in [0.2, 0.25) is 0 Å². The first-order valence-corrected chi connectivity index (χ1v) is 8.40. The number of nitrogens with zero attached hydrogens (tertiary/aromatic N) is 1. The van der Waals surface area contributed by atoms with Crippen LogP contribution in [0.1, 0.15) is 23.2 Å². The molecule has 0 aliphatic heterocycles. The quantitative estimate of drug-likeness (QED) is 0.406. The average molecular weight is 365 g/mol. The molecule has 0 unspecified atom stereocenters. The second kappa shape index (κ2) is 6.56. The van der Waals surface area contributed by atoms with E-state index in [9.17, 15) is 19.7 Å². The van der Waals surface area contributed by atoms with Crippen LogP contribution in [-0.4, -0.2) is 16.9 Å². The van der Waals surface area contributed by atoms with Crippen LogP contribution in [0.4, 0.5) is 17.1 Å². The number of hydrogen-bond acceptors (Lipinski definition) is 6. The van der Waals surface area contributed by atoms with Gasteiger partial charge in [-0.3, -0.25) is 14.9 Å². The summed E-state index contributed by atoms with van der Waals surface area (Å²) in [5, 5.41) is 17.8. The van der Waals surface area contributed by atoms with Gasteiger partial charge in [-0.15, -0.1) is 0 Å². The van der Waals surface area contributed by atoms with E-state index in [0.717, 1.165) is 12.8 Å². The number of nitrogens with one attached hydrogen (secondary N) is 2. The van der Waals surface area contributed by atoms with Crippen molar-refractivity contribution >= 4 is 33.9 Å². The van der Waals surface area contributed by atoms with Crippen molar-refractivity contribution in [2.75, 3.05) is 10.6 Å². The average Bonchev–Trinajstić information content (AvgIpc) is 3.46. The van der Waals surface area contributed by atoms with Crippen LogP contribution < -0.4 is 16.3 Å². The molecule has 1 saturated carbocycles. The molecule has 1 aromatic heterocycles.